The zero-order chi connectivity index (χ0) is 15.5. The highest BCUT2D eigenvalue weighted by molar-refractivity contribution is 5.69. The van der Waals surface area contributed by atoms with E-state index in [0.29, 0.717) is 31.7 Å². The molecule has 1 amide bonds. The Labute approximate surface area is 125 Å². The fourth-order valence-corrected chi connectivity index (χ4v) is 2.42. The molecule has 21 heavy (non-hydrogen) atoms. The van der Waals surface area contributed by atoms with Crippen molar-refractivity contribution in [2.75, 3.05) is 18.9 Å². The number of amides is 1. The molecule has 2 rings (SSSR count). The summed E-state index contributed by atoms with van der Waals surface area (Å²) in [4.78, 5) is 16.3. The van der Waals surface area contributed by atoms with Crippen molar-refractivity contribution in [1.29, 1.82) is 0 Å². The lowest BCUT2D eigenvalue weighted by Crippen LogP contribution is -2.50. The molecule has 0 saturated carbocycles. The Morgan fingerprint density at radius 3 is 2.62 bits per heavy atom. The number of anilines is 1. The number of nitrogen functional groups attached to an aromatic ring is 1. The predicted molar refractivity (Wildman–Crippen MR) is 79.8 cm³/mol. The number of hydrogen-bond acceptors (Lipinski definition) is 5. The molecule has 1 aliphatic rings. The first-order valence-corrected chi connectivity index (χ1v) is 7.11. The van der Waals surface area contributed by atoms with Crippen LogP contribution in [-0.2, 0) is 15.0 Å². The van der Waals surface area contributed by atoms with E-state index in [9.17, 15) is 4.79 Å². The second kappa shape index (κ2) is 5.89. The Balaban J connectivity index is 2.23. The van der Waals surface area contributed by atoms with E-state index < -0.39 is 17.2 Å². The number of ether oxygens (including phenoxy) is 2. The van der Waals surface area contributed by atoms with Crippen LogP contribution in [0, 0.1) is 0 Å². The van der Waals surface area contributed by atoms with E-state index in [0.717, 1.165) is 5.56 Å². The van der Waals surface area contributed by atoms with Crippen LogP contribution in [0.4, 0.5) is 10.5 Å². The minimum absolute atomic E-state index is 0.438. The molecule has 0 aromatic carbocycles. The Bertz CT molecular complexity index is 505. The lowest BCUT2D eigenvalue weighted by molar-refractivity contribution is 0.0156. The predicted octanol–water partition coefficient (Wildman–Crippen LogP) is 2.19. The quantitative estimate of drug-likeness (QED) is 0.873. The van der Waals surface area contributed by atoms with Crippen LogP contribution >= 0.6 is 0 Å². The number of carbonyl (C=O) groups excluding carboxylic acids is 1. The Kier molecular flexibility index (Phi) is 4.37. The summed E-state index contributed by atoms with van der Waals surface area (Å²) in [7, 11) is 0. The molecule has 0 aliphatic carbocycles. The summed E-state index contributed by atoms with van der Waals surface area (Å²) in [5.74, 6) is 0. The van der Waals surface area contributed by atoms with Crippen LogP contribution in [0.2, 0.25) is 0 Å². The van der Waals surface area contributed by atoms with E-state index >= 15 is 0 Å². The molecule has 6 nitrogen and oxygen atoms in total. The van der Waals surface area contributed by atoms with Gasteiger partial charge in [0, 0.05) is 25.6 Å². The van der Waals surface area contributed by atoms with Crippen LogP contribution in [0.5, 0.6) is 0 Å². The molecule has 2 heterocycles. The molecule has 1 saturated heterocycles. The Hall–Kier alpha value is -1.82. The topological polar surface area (TPSA) is 86.5 Å². The van der Waals surface area contributed by atoms with Gasteiger partial charge in [0.2, 0.25) is 0 Å². The number of alkyl carbamates (subject to hydrolysis) is 1. The number of nitrogens with zero attached hydrogens (tertiary/aromatic N) is 1. The summed E-state index contributed by atoms with van der Waals surface area (Å²) >= 11 is 0. The highest BCUT2D eigenvalue weighted by Gasteiger charge is 2.37. The van der Waals surface area contributed by atoms with E-state index in [2.05, 4.69) is 10.3 Å². The number of aromatic nitrogens is 1. The van der Waals surface area contributed by atoms with Crippen molar-refractivity contribution in [1.82, 2.24) is 10.3 Å². The van der Waals surface area contributed by atoms with Crippen LogP contribution in [0.1, 0.15) is 39.2 Å². The van der Waals surface area contributed by atoms with Crippen LogP contribution in [0.15, 0.2) is 18.5 Å². The number of pyridine rings is 1. The van der Waals surface area contributed by atoms with Crippen molar-refractivity contribution in [2.24, 2.45) is 0 Å². The summed E-state index contributed by atoms with van der Waals surface area (Å²) in [6.07, 6.45) is 4.21. The maximum Gasteiger partial charge on any atom is 0.408 e. The molecule has 0 spiro atoms. The standard InChI is InChI=1S/C15H23N3O3/c1-14(2,3)21-13(19)18-15(4-6-20-7-5-15)11-8-12(16)10-17-9-11/h8-10H,4-7,16H2,1-3H3,(H,18,19). The summed E-state index contributed by atoms with van der Waals surface area (Å²) in [5.41, 5.74) is 6.20. The lowest BCUT2D eigenvalue weighted by Gasteiger charge is -2.38. The number of nitrogens with two attached hydrogens (primary N) is 1. The highest BCUT2D eigenvalue weighted by Crippen LogP contribution is 2.33. The third-order valence-corrected chi connectivity index (χ3v) is 3.40. The molecule has 6 heteroatoms. The summed E-state index contributed by atoms with van der Waals surface area (Å²) < 4.78 is 10.8. The molecule has 0 atom stereocenters. The van der Waals surface area contributed by atoms with Crippen LogP contribution < -0.4 is 11.1 Å². The minimum Gasteiger partial charge on any atom is -0.444 e. The molecule has 0 unspecified atom stereocenters. The molecule has 1 aromatic rings. The first kappa shape index (κ1) is 15.6. The van der Waals surface area contributed by atoms with Gasteiger partial charge < -0.3 is 20.5 Å². The van der Waals surface area contributed by atoms with E-state index in [4.69, 9.17) is 15.2 Å². The number of nitrogens with one attached hydrogen (secondary N) is 1. The van der Waals surface area contributed by atoms with Gasteiger partial charge in [-0.05, 0) is 45.2 Å². The third-order valence-electron chi connectivity index (χ3n) is 3.40. The second-order valence-corrected chi connectivity index (χ2v) is 6.33. The summed E-state index contributed by atoms with van der Waals surface area (Å²) in [5, 5.41) is 3.00. The molecular formula is C15H23N3O3. The van der Waals surface area contributed by atoms with Crippen LogP contribution in [0.3, 0.4) is 0 Å². The number of carbonyl (C=O) groups is 1. The van der Waals surface area contributed by atoms with E-state index in [-0.39, 0.29) is 0 Å². The monoisotopic (exact) mass is 293 g/mol. The van der Waals surface area contributed by atoms with E-state index in [1.807, 2.05) is 26.8 Å². The maximum absolute atomic E-state index is 12.2. The Morgan fingerprint density at radius 1 is 1.38 bits per heavy atom. The molecule has 1 aliphatic heterocycles. The van der Waals surface area contributed by atoms with Crippen molar-refractivity contribution >= 4 is 11.8 Å². The van der Waals surface area contributed by atoms with Gasteiger partial charge in [-0.1, -0.05) is 0 Å². The van der Waals surface area contributed by atoms with E-state index in [1.54, 1.807) is 12.4 Å². The van der Waals surface area contributed by atoms with Gasteiger partial charge >= 0.3 is 6.09 Å². The third kappa shape index (κ3) is 4.07. The van der Waals surface area contributed by atoms with Gasteiger partial charge in [-0.3, -0.25) is 4.98 Å². The van der Waals surface area contributed by atoms with Crippen molar-refractivity contribution in [3.8, 4) is 0 Å². The maximum atomic E-state index is 12.2. The van der Waals surface area contributed by atoms with Gasteiger partial charge in [-0.25, -0.2) is 4.79 Å². The van der Waals surface area contributed by atoms with Gasteiger partial charge in [0.1, 0.15) is 5.60 Å². The first-order valence-electron chi connectivity index (χ1n) is 7.11. The van der Waals surface area contributed by atoms with Gasteiger partial charge in [0.15, 0.2) is 0 Å². The molecule has 1 fully saturated rings. The zero-order valence-electron chi connectivity index (χ0n) is 12.8. The second-order valence-electron chi connectivity index (χ2n) is 6.33. The normalized spacial score (nSPS) is 18.0. The van der Waals surface area contributed by atoms with Gasteiger partial charge in [0.05, 0.1) is 11.2 Å². The average Bonchev–Trinajstić information content (AvgIpc) is 2.37. The summed E-state index contributed by atoms with van der Waals surface area (Å²) in [6, 6.07) is 1.84. The number of hydrogen-bond donors (Lipinski definition) is 2. The smallest absolute Gasteiger partial charge is 0.408 e. The molecular weight excluding hydrogens is 270 g/mol. The van der Waals surface area contributed by atoms with Crippen molar-refractivity contribution in [2.45, 2.75) is 44.8 Å². The minimum atomic E-state index is -0.539. The van der Waals surface area contributed by atoms with Crippen molar-refractivity contribution in [3.63, 3.8) is 0 Å². The SMILES string of the molecule is CC(C)(C)OC(=O)NC1(c2cncc(N)c2)CCOCC1. The van der Waals surface area contributed by atoms with E-state index in [1.165, 1.54) is 0 Å². The average molecular weight is 293 g/mol. The highest BCUT2D eigenvalue weighted by atomic mass is 16.6. The van der Waals surface area contributed by atoms with Gasteiger partial charge in [-0.2, -0.15) is 0 Å². The zero-order valence-corrected chi connectivity index (χ0v) is 12.8. The van der Waals surface area contributed by atoms with Gasteiger partial charge in [0.25, 0.3) is 0 Å². The van der Waals surface area contributed by atoms with Crippen LogP contribution in [-0.4, -0.2) is 29.9 Å². The molecule has 116 valence electrons. The molecule has 0 bridgehead atoms. The fraction of sp³-hybridized carbons (Fsp3) is 0.600. The molecule has 1 aromatic heterocycles. The van der Waals surface area contributed by atoms with Gasteiger partial charge in [-0.15, -0.1) is 0 Å². The largest absolute Gasteiger partial charge is 0.444 e. The fourth-order valence-electron chi connectivity index (χ4n) is 2.42. The number of rotatable bonds is 2. The first-order chi connectivity index (χ1) is 9.81. The summed E-state index contributed by atoms with van der Waals surface area (Å²) in [6.45, 7) is 6.66. The van der Waals surface area contributed by atoms with Crippen LogP contribution in [0.25, 0.3) is 0 Å². The molecule has 0 radical (unpaired) electrons. The Morgan fingerprint density at radius 2 is 2.05 bits per heavy atom. The molecule has 3 N–H and O–H groups in total. The van der Waals surface area contributed by atoms with Crippen molar-refractivity contribution in [3.05, 3.63) is 24.0 Å². The van der Waals surface area contributed by atoms with Crippen molar-refractivity contribution < 1.29 is 14.3 Å². The lowest BCUT2D eigenvalue weighted by atomic mass is 9.83.